The van der Waals surface area contributed by atoms with Gasteiger partial charge < -0.3 is 19.3 Å². The van der Waals surface area contributed by atoms with E-state index in [0.717, 1.165) is 42.8 Å². The smallest absolute Gasteiger partial charge is 0.264 e. The van der Waals surface area contributed by atoms with E-state index in [0.29, 0.717) is 51.3 Å². The monoisotopic (exact) mass is 680 g/mol. The van der Waals surface area contributed by atoms with Crippen molar-refractivity contribution in [3.05, 3.63) is 76.8 Å². The van der Waals surface area contributed by atoms with Crippen LogP contribution in [0.2, 0.25) is 5.02 Å². The number of sulfonamides is 1. The van der Waals surface area contributed by atoms with E-state index in [9.17, 15) is 18.3 Å². The Kier molecular flexibility index (Phi) is 8.58. The summed E-state index contributed by atoms with van der Waals surface area (Å²) in [4.78, 5) is 20.1. The number of aromatic nitrogens is 2. The number of nitrogens with one attached hydrogen (secondary N) is 1. The normalized spacial score (nSPS) is 32.3. The number of imidazole rings is 1. The van der Waals surface area contributed by atoms with Crippen molar-refractivity contribution in [3.63, 3.8) is 0 Å². The Morgan fingerprint density at radius 2 is 1.96 bits per heavy atom. The zero-order valence-electron chi connectivity index (χ0n) is 27.2. The molecule has 1 aromatic heterocycles. The molecule has 2 aliphatic heterocycles. The fourth-order valence-corrected chi connectivity index (χ4v) is 10.2. The fraction of sp³-hybridized carbons (Fsp3) is 0.556. The highest BCUT2D eigenvalue weighted by Gasteiger charge is 2.49. The largest absolute Gasteiger partial charge is 0.490 e. The number of amides is 1. The van der Waals surface area contributed by atoms with E-state index in [1.807, 2.05) is 23.8 Å². The van der Waals surface area contributed by atoms with Gasteiger partial charge in [-0.3, -0.25) is 4.79 Å². The highest BCUT2D eigenvalue weighted by Crippen LogP contribution is 2.49. The van der Waals surface area contributed by atoms with Crippen LogP contribution >= 0.6 is 11.6 Å². The molecule has 47 heavy (non-hydrogen) atoms. The molecule has 252 valence electrons. The summed E-state index contributed by atoms with van der Waals surface area (Å²) in [6.45, 7) is 5.85. The van der Waals surface area contributed by atoms with Gasteiger partial charge >= 0.3 is 0 Å². The molecular weight excluding hydrogens is 636 g/mol. The van der Waals surface area contributed by atoms with E-state index in [2.05, 4.69) is 26.7 Å². The molecule has 2 N–H and O–H groups in total. The number of aliphatic hydroxyl groups is 1. The Morgan fingerprint density at radius 1 is 1.11 bits per heavy atom. The molecule has 9 nitrogen and oxygen atoms in total. The van der Waals surface area contributed by atoms with Crippen molar-refractivity contribution in [3.8, 4) is 5.75 Å². The predicted octanol–water partition coefficient (Wildman–Crippen LogP) is 5.74. The molecule has 2 aliphatic carbocycles. The van der Waals surface area contributed by atoms with Crippen molar-refractivity contribution in [2.45, 2.75) is 88.0 Å². The second-order valence-corrected chi connectivity index (χ2v) is 17.1. The summed E-state index contributed by atoms with van der Waals surface area (Å²) in [5.74, 6) is 0.119. The summed E-state index contributed by atoms with van der Waals surface area (Å²) < 4.78 is 37.8. The summed E-state index contributed by atoms with van der Waals surface area (Å²) in [6.07, 6.45) is 12.1. The van der Waals surface area contributed by atoms with Crippen LogP contribution in [0.1, 0.15) is 80.3 Å². The van der Waals surface area contributed by atoms with Gasteiger partial charge in [-0.15, -0.1) is 0 Å². The molecule has 6 atom stereocenters. The van der Waals surface area contributed by atoms with Gasteiger partial charge in [0.05, 0.1) is 36.0 Å². The first-order valence-electron chi connectivity index (χ1n) is 17.0. The first-order valence-corrected chi connectivity index (χ1v) is 18.9. The zero-order valence-corrected chi connectivity index (χ0v) is 28.8. The van der Waals surface area contributed by atoms with E-state index < -0.39 is 26.8 Å². The van der Waals surface area contributed by atoms with Crippen molar-refractivity contribution in [2.24, 2.45) is 17.8 Å². The third kappa shape index (κ3) is 6.17. The number of fused-ring (bicyclic) bond motifs is 4. The average molecular weight is 681 g/mol. The minimum absolute atomic E-state index is 0.0572. The van der Waals surface area contributed by atoms with E-state index in [1.54, 1.807) is 37.6 Å². The molecule has 2 aromatic carbocycles. The van der Waals surface area contributed by atoms with Crippen molar-refractivity contribution in [1.29, 1.82) is 0 Å². The predicted molar refractivity (Wildman–Crippen MR) is 182 cm³/mol. The Morgan fingerprint density at radius 3 is 2.72 bits per heavy atom. The second-order valence-electron chi connectivity index (χ2n) is 14.6. The molecular formula is C36H45ClN4O5S. The van der Waals surface area contributed by atoms with Gasteiger partial charge in [-0.2, -0.15) is 0 Å². The van der Waals surface area contributed by atoms with Gasteiger partial charge in [-0.1, -0.05) is 31.0 Å². The second kappa shape index (κ2) is 12.4. The Labute approximate surface area is 282 Å². The van der Waals surface area contributed by atoms with Gasteiger partial charge in [0.2, 0.25) is 10.0 Å². The molecule has 0 unspecified atom stereocenters. The summed E-state index contributed by atoms with van der Waals surface area (Å²) >= 11 is 6.44. The van der Waals surface area contributed by atoms with Crippen LogP contribution < -0.4 is 14.4 Å². The molecule has 4 aliphatic rings. The first-order chi connectivity index (χ1) is 22.5. The summed E-state index contributed by atoms with van der Waals surface area (Å²) in [6, 6.07) is 11.4. The van der Waals surface area contributed by atoms with Crippen LogP contribution in [0.3, 0.4) is 0 Å². The van der Waals surface area contributed by atoms with E-state index >= 15 is 0 Å². The van der Waals surface area contributed by atoms with Crippen molar-refractivity contribution >= 4 is 33.2 Å². The molecule has 1 fully saturated rings. The van der Waals surface area contributed by atoms with Crippen molar-refractivity contribution in [1.82, 2.24) is 14.3 Å². The number of rotatable bonds is 2. The number of nitrogens with zero attached hydrogens (tertiary/aromatic N) is 3. The van der Waals surface area contributed by atoms with Crippen LogP contribution in [0.5, 0.6) is 5.75 Å². The molecule has 2 bridgehead atoms. The molecule has 3 heterocycles. The highest BCUT2D eigenvalue weighted by molar-refractivity contribution is 7.90. The zero-order chi connectivity index (χ0) is 33.0. The van der Waals surface area contributed by atoms with Crippen LogP contribution in [0.25, 0.3) is 0 Å². The maximum atomic E-state index is 13.5. The van der Waals surface area contributed by atoms with Gasteiger partial charge in [0, 0.05) is 41.5 Å². The maximum Gasteiger partial charge on any atom is 0.264 e. The van der Waals surface area contributed by atoms with E-state index in [-0.39, 0.29) is 28.7 Å². The number of aryl methyl sites for hydroxylation is 1. The topological polar surface area (TPSA) is 114 Å². The van der Waals surface area contributed by atoms with Crippen LogP contribution in [-0.4, -0.2) is 59.5 Å². The van der Waals surface area contributed by atoms with E-state index in [4.69, 9.17) is 16.3 Å². The van der Waals surface area contributed by atoms with Gasteiger partial charge in [0.1, 0.15) is 5.75 Å². The molecule has 0 radical (unpaired) electrons. The first kappa shape index (κ1) is 32.5. The standard InChI is InChI=1S/C36H45ClN4O5S/c1-24-5-3-14-36(43,21-40-16-15-38-23-40)31-10-7-28(31)19-41-20-35(13-4-6-26-17-29(37)9-11-30(26)35)22-46-33-12-8-27(18-32(33)41)34(42)39-47(44,45)25(24)2/h8-9,11-12,15-18,23-25,28,31,43H,3-7,10,13-14,19-22H2,1-2H3,(H,39,42)/t24-,25+,28-,31+,35-,36-/m0/s1. The number of carbonyl (C=O) groups is 1. The Balaban J connectivity index is 1.31. The summed E-state index contributed by atoms with van der Waals surface area (Å²) in [5.41, 5.74) is 2.29. The number of carbonyl (C=O) groups excluding carboxylic acids is 1. The Bertz CT molecular complexity index is 1750. The van der Waals surface area contributed by atoms with Gasteiger partial charge in [0.25, 0.3) is 5.91 Å². The van der Waals surface area contributed by atoms with Crippen LogP contribution in [0.4, 0.5) is 5.69 Å². The molecule has 1 spiro atoms. The Hall–Kier alpha value is -3.08. The van der Waals surface area contributed by atoms with Crippen LogP contribution in [-0.2, 0) is 28.4 Å². The SMILES string of the molecule is C[C@@H]1[C@@H](C)CCC[C@](O)(Cn2ccnc2)[C@@H]2CC[C@H]2CN2C[C@@]3(CCCc4cc(Cl)ccc43)COc3ccc(cc32)C(=O)NS1(=O)=O. The lowest BCUT2D eigenvalue weighted by Crippen LogP contribution is -2.54. The molecule has 7 rings (SSSR count). The lowest BCUT2D eigenvalue weighted by Gasteiger charge is -2.50. The lowest BCUT2D eigenvalue weighted by molar-refractivity contribution is -0.0993. The lowest BCUT2D eigenvalue weighted by atomic mass is 9.62. The van der Waals surface area contributed by atoms with Crippen LogP contribution in [0.15, 0.2) is 55.1 Å². The summed E-state index contributed by atoms with van der Waals surface area (Å²) in [7, 11) is -3.95. The third-order valence-corrected chi connectivity index (χ3v) is 13.8. The number of hydrogen-bond acceptors (Lipinski definition) is 7. The summed E-state index contributed by atoms with van der Waals surface area (Å²) in [5, 5.41) is 12.4. The number of halogens is 1. The van der Waals surface area contributed by atoms with Gasteiger partial charge in [-0.25, -0.2) is 18.1 Å². The molecule has 11 heteroatoms. The van der Waals surface area contributed by atoms with Gasteiger partial charge in [-0.05, 0) is 111 Å². The third-order valence-electron chi connectivity index (χ3n) is 11.7. The van der Waals surface area contributed by atoms with Crippen molar-refractivity contribution in [2.75, 3.05) is 24.6 Å². The van der Waals surface area contributed by atoms with E-state index in [1.165, 1.54) is 11.1 Å². The number of anilines is 1. The highest BCUT2D eigenvalue weighted by atomic mass is 35.5. The molecule has 0 saturated heterocycles. The average Bonchev–Trinajstić information content (AvgIpc) is 3.47. The van der Waals surface area contributed by atoms with Crippen molar-refractivity contribution < 1.29 is 23.1 Å². The molecule has 1 amide bonds. The minimum atomic E-state index is -3.95. The quantitative estimate of drug-likeness (QED) is 0.355. The number of benzene rings is 2. The fourth-order valence-electron chi connectivity index (χ4n) is 8.66. The van der Waals surface area contributed by atoms with Gasteiger partial charge in [0.15, 0.2) is 0 Å². The molecule has 1 saturated carbocycles. The van der Waals surface area contributed by atoms with Crippen LogP contribution in [0, 0.1) is 17.8 Å². The minimum Gasteiger partial charge on any atom is -0.490 e. The number of ether oxygens (including phenoxy) is 1. The maximum absolute atomic E-state index is 13.5. The molecule has 3 aromatic rings. The number of hydrogen-bond donors (Lipinski definition) is 2.